The van der Waals surface area contributed by atoms with Crippen LogP contribution in [0.5, 0.6) is 0 Å². The number of amides is 2. The molecule has 0 bridgehead atoms. The van der Waals surface area contributed by atoms with E-state index >= 15 is 0 Å². The van der Waals surface area contributed by atoms with Crippen molar-refractivity contribution < 1.29 is 9.63 Å². The van der Waals surface area contributed by atoms with Crippen molar-refractivity contribution in [3.05, 3.63) is 29.3 Å². The van der Waals surface area contributed by atoms with E-state index in [-0.39, 0.29) is 6.04 Å². The van der Waals surface area contributed by atoms with Gasteiger partial charge in [-0.25, -0.2) is 4.79 Å². The van der Waals surface area contributed by atoms with Gasteiger partial charge < -0.3 is 11.5 Å². The number of hydroxylamine groups is 2. The van der Waals surface area contributed by atoms with Crippen LogP contribution in [0.4, 0.5) is 10.5 Å². The fraction of sp³-hybridized carbons (Fsp3) is 0.364. The third-order valence-electron chi connectivity index (χ3n) is 2.79. The molecule has 2 rings (SSSR count). The number of hydrogen-bond acceptors (Lipinski definition) is 3. The van der Waals surface area contributed by atoms with Crippen LogP contribution in [0.2, 0.25) is 0 Å². The molecule has 1 unspecified atom stereocenters. The lowest BCUT2D eigenvalue weighted by Crippen LogP contribution is -2.37. The molecule has 1 atom stereocenters. The molecule has 2 amide bonds. The molecule has 0 radical (unpaired) electrons. The van der Waals surface area contributed by atoms with Crippen molar-refractivity contribution in [1.29, 1.82) is 0 Å². The van der Waals surface area contributed by atoms with Crippen LogP contribution in [-0.2, 0) is 11.3 Å². The smallest absolute Gasteiger partial charge is 0.339 e. The lowest BCUT2D eigenvalue weighted by atomic mass is 9.99. The molecule has 86 valence electrons. The van der Waals surface area contributed by atoms with Crippen LogP contribution in [-0.4, -0.2) is 17.7 Å². The Kier molecular flexibility index (Phi) is 2.70. The van der Waals surface area contributed by atoms with Crippen LogP contribution in [0.3, 0.4) is 0 Å². The molecule has 4 N–H and O–H groups in total. The van der Waals surface area contributed by atoms with Crippen molar-refractivity contribution in [2.24, 2.45) is 5.73 Å². The predicted octanol–water partition coefficient (Wildman–Crippen LogP) is 1.20. The van der Waals surface area contributed by atoms with E-state index < -0.39 is 6.03 Å². The van der Waals surface area contributed by atoms with Gasteiger partial charge in [0.1, 0.15) is 0 Å². The summed E-state index contributed by atoms with van der Waals surface area (Å²) in [6, 6.07) is 4.90. The predicted molar refractivity (Wildman–Crippen MR) is 60.3 cm³/mol. The summed E-state index contributed by atoms with van der Waals surface area (Å²) in [6.07, 6.45) is 0.731. The molecule has 5 nitrogen and oxygen atoms in total. The second-order valence-electron chi connectivity index (χ2n) is 3.88. The van der Waals surface area contributed by atoms with Crippen LogP contribution in [0, 0.1) is 0 Å². The molecular formula is C11H15N3O2. The summed E-state index contributed by atoms with van der Waals surface area (Å²) in [4.78, 5) is 16.5. The Balaban J connectivity index is 2.41. The number of nitrogens with zero attached hydrogens (tertiary/aromatic N) is 1. The molecular weight excluding hydrogens is 206 g/mol. The molecule has 1 heterocycles. The first kappa shape index (κ1) is 10.8. The number of urea groups is 1. The lowest BCUT2D eigenvalue weighted by Gasteiger charge is -2.24. The Bertz CT molecular complexity index is 420. The molecule has 5 heteroatoms. The van der Waals surface area contributed by atoms with E-state index in [2.05, 4.69) is 0 Å². The second kappa shape index (κ2) is 4.02. The lowest BCUT2D eigenvalue weighted by molar-refractivity contribution is -0.134. The molecule has 0 fully saturated rings. The minimum absolute atomic E-state index is 0.185. The molecule has 0 spiro atoms. The highest BCUT2D eigenvalue weighted by molar-refractivity contribution is 5.71. The van der Waals surface area contributed by atoms with Gasteiger partial charge >= 0.3 is 6.03 Å². The molecule has 0 saturated carbocycles. The molecule has 1 aromatic carbocycles. The van der Waals surface area contributed by atoms with Crippen LogP contribution in [0.25, 0.3) is 0 Å². The molecule has 16 heavy (non-hydrogen) atoms. The second-order valence-corrected chi connectivity index (χ2v) is 3.88. The van der Waals surface area contributed by atoms with E-state index in [4.69, 9.17) is 16.3 Å². The van der Waals surface area contributed by atoms with Crippen molar-refractivity contribution in [1.82, 2.24) is 5.06 Å². The highest BCUT2D eigenvalue weighted by Gasteiger charge is 2.25. The van der Waals surface area contributed by atoms with Gasteiger partial charge in [-0.3, -0.25) is 4.84 Å². The van der Waals surface area contributed by atoms with Crippen molar-refractivity contribution in [3.8, 4) is 0 Å². The summed E-state index contributed by atoms with van der Waals surface area (Å²) in [5.74, 6) is 0. The average Bonchev–Trinajstić information content (AvgIpc) is 2.37. The number of anilines is 1. The third-order valence-corrected chi connectivity index (χ3v) is 2.79. The number of fused-ring (bicyclic) bond motifs is 1. The number of primary amides is 1. The monoisotopic (exact) mass is 221 g/mol. The number of carbonyl (C=O) groups is 1. The molecule has 1 aliphatic rings. The molecule has 0 aromatic heterocycles. The maximum atomic E-state index is 11.2. The van der Waals surface area contributed by atoms with E-state index in [0.717, 1.165) is 23.2 Å². The number of nitrogens with two attached hydrogens (primary N) is 2. The summed E-state index contributed by atoms with van der Waals surface area (Å²) < 4.78 is 0. The first-order chi connectivity index (χ1) is 7.59. The summed E-state index contributed by atoms with van der Waals surface area (Å²) in [5.41, 5.74) is 13.8. The van der Waals surface area contributed by atoms with Crippen LogP contribution >= 0.6 is 0 Å². The SMILES string of the molecule is CC1c2ccc(N)cc2CCON1C(N)=O. The van der Waals surface area contributed by atoms with E-state index in [1.165, 1.54) is 5.06 Å². The van der Waals surface area contributed by atoms with Crippen molar-refractivity contribution in [2.45, 2.75) is 19.4 Å². The van der Waals surface area contributed by atoms with Gasteiger partial charge in [0.25, 0.3) is 0 Å². The summed E-state index contributed by atoms with van der Waals surface area (Å²) in [5, 5.41) is 1.21. The molecule has 0 saturated heterocycles. The maximum Gasteiger partial charge on any atom is 0.339 e. The van der Waals surface area contributed by atoms with E-state index in [1.807, 2.05) is 25.1 Å². The van der Waals surface area contributed by atoms with Gasteiger partial charge in [0, 0.05) is 5.69 Å². The average molecular weight is 221 g/mol. The van der Waals surface area contributed by atoms with Gasteiger partial charge in [-0.2, -0.15) is 5.06 Å². The first-order valence-corrected chi connectivity index (χ1v) is 5.19. The zero-order valence-corrected chi connectivity index (χ0v) is 9.14. The topological polar surface area (TPSA) is 81.6 Å². The van der Waals surface area contributed by atoms with Crippen molar-refractivity contribution in [2.75, 3.05) is 12.3 Å². The normalized spacial score (nSPS) is 20.1. The minimum atomic E-state index is -0.572. The highest BCUT2D eigenvalue weighted by Crippen LogP contribution is 2.28. The Morgan fingerprint density at radius 2 is 2.31 bits per heavy atom. The van der Waals surface area contributed by atoms with Crippen molar-refractivity contribution >= 4 is 11.7 Å². The highest BCUT2D eigenvalue weighted by atomic mass is 16.7. The number of hydrogen-bond donors (Lipinski definition) is 2. The fourth-order valence-corrected chi connectivity index (χ4v) is 2.00. The van der Waals surface area contributed by atoms with Crippen LogP contribution in [0.1, 0.15) is 24.1 Å². The third kappa shape index (κ3) is 1.81. The van der Waals surface area contributed by atoms with Crippen LogP contribution < -0.4 is 11.5 Å². The molecule has 1 aromatic rings. The van der Waals surface area contributed by atoms with E-state index in [9.17, 15) is 4.79 Å². The minimum Gasteiger partial charge on any atom is -0.399 e. The zero-order valence-electron chi connectivity index (χ0n) is 9.14. The van der Waals surface area contributed by atoms with Crippen LogP contribution in [0.15, 0.2) is 18.2 Å². The van der Waals surface area contributed by atoms with Gasteiger partial charge in [-0.05, 0) is 36.6 Å². The number of nitrogen functional groups attached to an aromatic ring is 1. The van der Waals surface area contributed by atoms with Crippen molar-refractivity contribution in [3.63, 3.8) is 0 Å². The number of rotatable bonds is 0. The Labute approximate surface area is 93.9 Å². The Morgan fingerprint density at radius 1 is 1.56 bits per heavy atom. The Hall–Kier alpha value is -1.75. The van der Waals surface area contributed by atoms with Gasteiger partial charge in [0.2, 0.25) is 0 Å². The fourth-order valence-electron chi connectivity index (χ4n) is 2.00. The summed E-state index contributed by atoms with van der Waals surface area (Å²) in [6.45, 7) is 2.31. The van der Waals surface area contributed by atoms with E-state index in [0.29, 0.717) is 6.61 Å². The number of benzene rings is 1. The summed E-state index contributed by atoms with van der Waals surface area (Å²) >= 11 is 0. The van der Waals surface area contributed by atoms with E-state index in [1.54, 1.807) is 0 Å². The maximum absolute atomic E-state index is 11.2. The van der Waals surface area contributed by atoms with Gasteiger partial charge in [-0.15, -0.1) is 0 Å². The van der Waals surface area contributed by atoms with Gasteiger partial charge in [0.15, 0.2) is 0 Å². The molecule has 1 aliphatic heterocycles. The van der Waals surface area contributed by atoms with Gasteiger partial charge in [0.05, 0.1) is 12.6 Å². The Morgan fingerprint density at radius 3 is 3.00 bits per heavy atom. The molecule has 0 aliphatic carbocycles. The zero-order chi connectivity index (χ0) is 11.7. The standard InChI is InChI=1S/C11H15N3O2/c1-7-10-3-2-9(12)6-8(10)4-5-16-14(7)11(13)15/h2-3,6-7H,4-5,12H2,1H3,(H2,13,15). The van der Waals surface area contributed by atoms with Gasteiger partial charge in [-0.1, -0.05) is 6.07 Å². The largest absolute Gasteiger partial charge is 0.399 e. The quantitative estimate of drug-likeness (QED) is 0.646. The number of carbonyl (C=O) groups excluding carboxylic acids is 1. The first-order valence-electron chi connectivity index (χ1n) is 5.19. The summed E-state index contributed by atoms with van der Waals surface area (Å²) in [7, 11) is 0.